The smallest absolute Gasteiger partial charge is 0.454 e. The zero-order valence-electron chi connectivity index (χ0n) is 19.3. The lowest BCUT2D eigenvalue weighted by molar-refractivity contribution is -0.206. The van der Waals surface area contributed by atoms with Gasteiger partial charge < -0.3 is 9.47 Å². The number of aliphatic imine (C=N–C) groups is 1. The second-order valence-electron chi connectivity index (χ2n) is 8.33. The Morgan fingerprint density at radius 1 is 1.12 bits per heavy atom. The summed E-state index contributed by atoms with van der Waals surface area (Å²) in [5, 5.41) is 4.37. The lowest BCUT2D eigenvalue weighted by Gasteiger charge is -2.20. The van der Waals surface area contributed by atoms with Crippen molar-refractivity contribution in [2.45, 2.75) is 46.2 Å². The average Bonchev–Trinajstić information content (AvgIpc) is 2.94. The molecular formula is C23H28F3N3O3. The van der Waals surface area contributed by atoms with Crippen molar-refractivity contribution in [3.05, 3.63) is 52.3 Å². The van der Waals surface area contributed by atoms with E-state index in [1.54, 1.807) is 25.0 Å². The summed E-state index contributed by atoms with van der Waals surface area (Å²) in [5.41, 5.74) is 4.36. The van der Waals surface area contributed by atoms with Crippen LogP contribution in [0, 0.1) is 13.8 Å². The van der Waals surface area contributed by atoms with E-state index in [0.29, 0.717) is 11.3 Å². The van der Waals surface area contributed by atoms with Gasteiger partial charge in [0.05, 0.1) is 5.69 Å². The third-order valence-corrected chi connectivity index (χ3v) is 4.93. The van der Waals surface area contributed by atoms with E-state index >= 15 is 0 Å². The van der Waals surface area contributed by atoms with Crippen molar-refractivity contribution in [1.29, 1.82) is 0 Å². The lowest BCUT2D eigenvalue weighted by Crippen LogP contribution is -2.26. The number of carbonyl (C=O) groups excluding carboxylic acids is 1. The van der Waals surface area contributed by atoms with Gasteiger partial charge in [-0.1, -0.05) is 45.0 Å². The van der Waals surface area contributed by atoms with Crippen LogP contribution in [0.1, 0.15) is 48.8 Å². The van der Waals surface area contributed by atoms with Crippen LogP contribution in [0.2, 0.25) is 0 Å². The molecule has 0 atom stereocenters. The molecule has 0 saturated heterocycles. The van der Waals surface area contributed by atoms with E-state index in [2.05, 4.69) is 35.6 Å². The summed E-state index contributed by atoms with van der Waals surface area (Å²) >= 11 is 0. The summed E-state index contributed by atoms with van der Waals surface area (Å²) in [7, 11) is 3.27. The number of hydrogen-bond acceptors (Lipinski definition) is 5. The lowest BCUT2D eigenvalue weighted by atomic mass is 9.86. The number of carbonyl (C=O) groups is 1. The van der Waals surface area contributed by atoms with E-state index < -0.39 is 18.9 Å². The Morgan fingerprint density at radius 2 is 1.72 bits per heavy atom. The minimum absolute atomic E-state index is 0.0535. The molecule has 0 spiro atoms. The first kappa shape index (κ1) is 25.2. The molecule has 1 aromatic carbocycles. The summed E-state index contributed by atoms with van der Waals surface area (Å²) in [6.07, 6.45) is -3.56. The Bertz CT molecular complexity index is 1030. The Morgan fingerprint density at radius 3 is 2.16 bits per heavy atom. The average molecular weight is 451 g/mol. The number of rotatable bonds is 6. The minimum Gasteiger partial charge on any atom is -0.454 e. The number of benzene rings is 1. The molecule has 0 aliphatic rings. The largest absolute Gasteiger partial charge is 0.491 e. The van der Waals surface area contributed by atoms with Crippen LogP contribution in [0.15, 0.2) is 29.3 Å². The predicted octanol–water partition coefficient (Wildman–Crippen LogP) is 4.98. The first-order chi connectivity index (χ1) is 14.8. The highest BCUT2D eigenvalue weighted by Gasteiger charge is 2.41. The van der Waals surface area contributed by atoms with Gasteiger partial charge >= 0.3 is 12.1 Å². The Balaban J connectivity index is 2.60. The molecule has 0 fully saturated rings. The number of aryl methyl sites for hydroxylation is 2. The van der Waals surface area contributed by atoms with Crippen LogP contribution in [0.3, 0.4) is 0 Å². The van der Waals surface area contributed by atoms with Crippen molar-refractivity contribution >= 4 is 23.5 Å². The topological polar surface area (TPSA) is 65.7 Å². The molecule has 9 heteroatoms. The molecule has 0 N–H and O–H groups in total. The maximum absolute atomic E-state index is 12.5. The van der Waals surface area contributed by atoms with E-state index in [4.69, 9.17) is 4.74 Å². The molecule has 0 saturated carbocycles. The number of hydrogen-bond donors (Lipinski definition) is 0. The van der Waals surface area contributed by atoms with Gasteiger partial charge in [-0.25, -0.2) is 4.79 Å². The van der Waals surface area contributed by atoms with Crippen LogP contribution in [-0.2, 0) is 26.7 Å². The van der Waals surface area contributed by atoms with E-state index in [1.165, 1.54) is 0 Å². The molecule has 1 heterocycles. The van der Waals surface area contributed by atoms with Gasteiger partial charge in [0.2, 0.25) is 6.79 Å². The summed E-state index contributed by atoms with van der Waals surface area (Å²) in [5.74, 6) is -2.12. The first-order valence-corrected chi connectivity index (χ1v) is 9.92. The van der Waals surface area contributed by atoms with Crippen LogP contribution in [0.25, 0.3) is 11.3 Å². The number of alkyl halides is 3. The van der Waals surface area contributed by atoms with Gasteiger partial charge in [0.15, 0.2) is 5.76 Å². The molecule has 1 aromatic heterocycles. The van der Waals surface area contributed by atoms with Crippen LogP contribution >= 0.6 is 0 Å². The molecule has 32 heavy (non-hydrogen) atoms. The number of aromatic nitrogens is 2. The van der Waals surface area contributed by atoms with Crippen molar-refractivity contribution < 1.29 is 27.4 Å². The summed E-state index contributed by atoms with van der Waals surface area (Å²) in [4.78, 5) is 15.2. The van der Waals surface area contributed by atoms with Gasteiger partial charge in [0.25, 0.3) is 0 Å². The van der Waals surface area contributed by atoms with Crippen molar-refractivity contribution in [2.24, 2.45) is 12.0 Å². The van der Waals surface area contributed by atoms with Crippen molar-refractivity contribution in [2.75, 3.05) is 13.8 Å². The highest BCUT2D eigenvalue weighted by atomic mass is 19.4. The third-order valence-electron chi connectivity index (χ3n) is 4.93. The maximum atomic E-state index is 12.5. The predicted molar refractivity (Wildman–Crippen MR) is 117 cm³/mol. The normalized spacial score (nSPS) is 13.3. The summed E-state index contributed by atoms with van der Waals surface area (Å²) in [6.45, 7) is 9.00. The molecule has 2 aromatic rings. The van der Waals surface area contributed by atoms with E-state index in [1.807, 2.05) is 38.1 Å². The van der Waals surface area contributed by atoms with Crippen molar-refractivity contribution in [3.8, 4) is 0 Å². The quantitative estimate of drug-likeness (QED) is 0.269. The summed E-state index contributed by atoms with van der Waals surface area (Å²) in [6, 6.07) is 7.73. The third kappa shape index (κ3) is 5.77. The molecule has 0 aliphatic heterocycles. The molecule has 174 valence electrons. The first-order valence-electron chi connectivity index (χ1n) is 9.92. The molecule has 2 rings (SSSR count). The van der Waals surface area contributed by atoms with Crippen LogP contribution < -0.4 is 0 Å². The molecular weight excluding hydrogens is 423 g/mol. The molecule has 0 amide bonds. The maximum Gasteiger partial charge on any atom is 0.491 e. The zero-order valence-corrected chi connectivity index (χ0v) is 19.3. The van der Waals surface area contributed by atoms with Crippen LogP contribution in [0.4, 0.5) is 13.2 Å². The van der Waals surface area contributed by atoms with Crippen LogP contribution in [0.5, 0.6) is 0 Å². The zero-order chi connectivity index (χ0) is 24.3. The Labute approximate surface area is 185 Å². The number of halogens is 3. The SMILES string of the molecule is C/N=C\C(=C(\OCOC(=O)C(F)(F)F)c1c(C)c(C)nn1C)c1ccc(C(C)(C)C)cc1. The Kier molecular flexibility index (Phi) is 7.54. The second kappa shape index (κ2) is 9.58. The number of ether oxygens (including phenoxy) is 2. The standard InChI is InChI=1S/C23H28F3N3O3/c1-14-15(2)28-29(7)19(14)20(31-13-32-21(30)23(24,25)26)18(12-27-6)16-8-10-17(11-9-16)22(3,4)5/h8-12H,13H2,1-7H3/b20-18-,27-12-. The van der Waals surface area contributed by atoms with Crippen molar-refractivity contribution in [3.63, 3.8) is 0 Å². The highest BCUT2D eigenvalue weighted by Crippen LogP contribution is 2.31. The second-order valence-corrected chi connectivity index (χ2v) is 8.33. The summed E-state index contributed by atoms with van der Waals surface area (Å²) < 4.78 is 49.1. The van der Waals surface area contributed by atoms with Crippen LogP contribution in [-0.4, -0.2) is 42.0 Å². The minimum atomic E-state index is -5.11. The van der Waals surface area contributed by atoms with Gasteiger partial charge in [-0.2, -0.15) is 18.3 Å². The molecule has 0 bridgehead atoms. The van der Waals surface area contributed by atoms with E-state index in [9.17, 15) is 18.0 Å². The van der Waals surface area contributed by atoms with Gasteiger partial charge in [0, 0.05) is 31.4 Å². The number of nitrogens with zero attached hydrogens (tertiary/aromatic N) is 3. The molecule has 0 unspecified atom stereocenters. The fraction of sp³-hybridized carbons (Fsp3) is 0.435. The van der Waals surface area contributed by atoms with Gasteiger partial charge in [-0.15, -0.1) is 0 Å². The fourth-order valence-corrected chi connectivity index (χ4v) is 3.12. The molecule has 0 aliphatic carbocycles. The van der Waals surface area contributed by atoms with Gasteiger partial charge in [-0.05, 0) is 30.4 Å². The molecule has 0 radical (unpaired) electrons. The number of allylic oxidation sites excluding steroid dienone is 1. The molecule has 6 nitrogen and oxygen atoms in total. The number of esters is 1. The van der Waals surface area contributed by atoms with Gasteiger partial charge in [-0.3, -0.25) is 9.67 Å². The van der Waals surface area contributed by atoms with Gasteiger partial charge in [0.1, 0.15) is 5.69 Å². The van der Waals surface area contributed by atoms with E-state index in [0.717, 1.165) is 22.4 Å². The highest BCUT2D eigenvalue weighted by molar-refractivity contribution is 6.18. The Hall–Kier alpha value is -3.10. The van der Waals surface area contributed by atoms with E-state index in [-0.39, 0.29) is 11.2 Å². The van der Waals surface area contributed by atoms with Crippen molar-refractivity contribution in [1.82, 2.24) is 9.78 Å². The monoisotopic (exact) mass is 451 g/mol. The fourth-order valence-electron chi connectivity index (χ4n) is 3.12.